The summed E-state index contributed by atoms with van der Waals surface area (Å²) in [5, 5.41) is 7.38. The normalized spacial score (nSPS) is 20.2. The first-order valence-corrected chi connectivity index (χ1v) is 8.19. The van der Waals surface area contributed by atoms with Gasteiger partial charge in [0.05, 0.1) is 0 Å². The average molecular weight is 344 g/mol. The van der Waals surface area contributed by atoms with Crippen LogP contribution in [0.3, 0.4) is 0 Å². The van der Waals surface area contributed by atoms with Crippen LogP contribution in [0.1, 0.15) is 18.1 Å². The summed E-state index contributed by atoms with van der Waals surface area (Å²) in [6, 6.07) is 6.76. The van der Waals surface area contributed by atoms with Crippen LogP contribution in [-0.4, -0.2) is 34.3 Å². The highest BCUT2D eigenvalue weighted by Gasteiger charge is 2.49. The minimum Gasteiger partial charge on any atom is -0.319 e. The molecule has 3 rings (SSSR count). The molecule has 1 fully saturated rings. The maximum Gasteiger partial charge on any atom is 0.325 e. The van der Waals surface area contributed by atoms with Crippen LogP contribution in [0.5, 0.6) is 0 Å². The molecule has 1 atom stereocenters. The molecule has 1 unspecified atom stereocenters. The van der Waals surface area contributed by atoms with E-state index >= 15 is 0 Å². The Morgan fingerprint density at radius 2 is 2.04 bits per heavy atom. The van der Waals surface area contributed by atoms with Crippen LogP contribution in [0, 0.1) is 6.92 Å². The predicted octanol–water partition coefficient (Wildman–Crippen LogP) is 1.86. The van der Waals surface area contributed by atoms with E-state index < -0.39 is 23.4 Å². The number of anilines is 1. The molecule has 1 aliphatic rings. The Kier molecular flexibility index (Phi) is 4.06. The third kappa shape index (κ3) is 2.88. The maximum absolute atomic E-state index is 12.7. The van der Waals surface area contributed by atoms with Crippen molar-refractivity contribution in [2.24, 2.45) is 0 Å². The van der Waals surface area contributed by atoms with Crippen LogP contribution in [-0.2, 0) is 15.1 Å². The molecule has 1 saturated heterocycles. The number of hydrogen-bond acceptors (Lipinski definition) is 5. The zero-order chi connectivity index (χ0) is 17.3. The Bertz CT molecular complexity index is 788. The van der Waals surface area contributed by atoms with Gasteiger partial charge in [-0.1, -0.05) is 29.8 Å². The lowest BCUT2D eigenvalue weighted by molar-refractivity contribution is -0.133. The topological polar surface area (TPSA) is 91.4 Å². The molecule has 24 heavy (non-hydrogen) atoms. The van der Waals surface area contributed by atoms with Gasteiger partial charge in [-0.2, -0.15) is 0 Å². The number of urea groups is 1. The van der Waals surface area contributed by atoms with Gasteiger partial charge in [0.15, 0.2) is 5.13 Å². The summed E-state index contributed by atoms with van der Waals surface area (Å²) in [6.45, 7) is 3.22. The Morgan fingerprint density at radius 1 is 1.33 bits per heavy atom. The molecule has 1 aliphatic heterocycles. The quantitative estimate of drug-likeness (QED) is 0.828. The van der Waals surface area contributed by atoms with E-state index in [1.54, 1.807) is 30.6 Å². The van der Waals surface area contributed by atoms with Gasteiger partial charge >= 0.3 is 6.03 Å². The fraction of sp³-hybridized carbons (Fsp3) is 0.250. The van der Waals surface area contributed by atoms with Crippen LogP contribution in [0.2, 0.25) is 0 Å². The lowest BCUT2D eigenvalue weighted by Gasteiger charge is -2.22. The van der Waals surface area contributed by atoms with Crippen molar-refractivity contribution in [1.29, 1.82) is 0 Å². The van der Waals surface area contributed by atoms with Crippen molar-refractivity contribution in [2.75, 3.05) is 11.9 Å². The van der Waals surface area contributed by atoms with E-state index in [2.05, 4.69) is 15.6 Å². The van der Waals surface area contributed by atoms with Gasteiger partial charge in [0.25, 0.3) is 5.91 Å². The molecule has 4 amide bonds. The molecule has 8 heteroatoms. The molecule has 7 nitrogen and oxygen atoms in total. The lowest BCUT2D eigenvalue weighted by atomic mass is 9.91. The minimum atomic E-state index is -1.17. The van der Waals surface area contributed by atoms with Crippen molar-refractivity contribution in [3.05, 3.63) is 47.0 Å². The standard InChI is InChI=1S/C16H16N4O3S/c1-10-3-5-11(6-4-10)16(2)13(22)20(15(23)19-16)9-12(21)18-14-17-7-8-24-14/h3-8H,9H2,1-2H3,(H,19,23)(H,17,18,21). The van der Waals surface area contributed by atoms with Crippen LogP contribution >= 0.6 is 11.3 Å². The second-order valence-corrected chi connectivity index (χ2v) is 6.59. The van der Waals surface area contributed by atoms with Gasteiger partial charge in [-0.15, -0.1) is 11.3 Å². The number of carbonyl (C=O) groups excluding carboxylic acids is 3. The highest BCUT2D eigenvalue weighted by molar-refractivity contribution is 7.13. The number of rotatable bonds is 4. The average Bonchev–Trinajstić information content (AvgIpc) is 3.11. The summed E-state index contributed by atoms with van der Waals surface area (Å²) in [7, 11) is 0. The molecule has 1 aromatic carbocycles. The number of hydrogen-bond donors (Lipinski definition) is 2. The third-order valence-electron chi connectivity index (χ3n) is 3.88. The van der Waals surface area contributed by atoms with Crippen LogP contribution < -0.4 is 10.6 Å². The summed E-state index contributed by atoms with van der Waals surface area (Å²) in [4.78, 5) is 41.8. The van der Waals surface area contributed by atoms with Crippen molar-refractivity contribution in [3.63, 3.8) is 0 Å². The van der Waals surface area contributed by atoms with Gasteiger partial charge < -0.3 is 10.6 Å². The van der Waals surface area contributed by atoms with E-state index in [1.807, 2.05) is 19.1 Å². The van der Waals surface area contributed by atoms with Crippen molar-refractivity contribution in [2.45, 2.75) is 19.4 Å². The van der Waals surface area contributed by atoms with E-state index in [9.17, 15) is 14.4 Å². The summed E-state index contributed by atoms with van der Waals surface area (Å²) in [6.07, 6.45) is 1.56. The fourth-order valence-electron chi connectivity index (χ4n) is 2.51. The highest BCUT2D eigenvalue weighted by Crippen LogP contribution is 2.28. The van der Waals surface area contributed by atoms with E-state index in [1.165, 1.54) is 11.3 Å². The van der Waals surface area contributed by atoms with Gasteiger partial charge in [0.1, 0.15) is 12.1 Å². The monoisotopic (exact) mass is 344 g/mol. The molecule has 0 bridgehead atoms. The summed E-state index contributed by atoms with van der Waals surface area (Å²) < 4.78 is 0. The number of carbonyl (C=O) groups is 3. The molecular weight excluding hydrogens is 328 g/mol. The molecule has 0 radical (unpaired) electrons. The van der Waals surface area contributed by atoms with Crippen molar-refractivity contribution in [1.82, 2.24) is 15.2 Å². The van der Waals surface area contributed by atoms with Gasteiger partial charge in [0, 0.05) is 11.6 Å². The molecule has 2 aromatic rings. The first kappa shape index (κ1) is 16.1. The molecule has 0 spiro atoms. The van der Waals surface area contributed by atoms with Crippen LogP contribution in [0.15, 0.2) is 35.8 Å². The number of aromatic nitrogens is 1. The molecule has 2 N–H and O–H groups in total. The number of nitrogens with one attached hydrogen (secondary N) is 2. The highest BCUT2D eigenvalue weighted by atomic mass is 32.1. The third-order valence-corrected chi connectivity index (χ3v) is 4.57. The van der Waals surface area contributed by atoms with Gasteiger partial charge in [0.2, 0.25) is 5.91 Å². The minimum absolute atomic E-state index is 0.355. The van der Waals surface area contributed by atoms with Gasteiger partial charge in [-0.05, 0) is 19.4 Å². The zero-order valence-electron chi connectivity index (χ0n) is 13.2. The van der Waals surface area contributed by atoms with E-state index in [4.69, 9.17) is 0 Å². The fourth-order valence-corrected chi connectivity index (χ4v) is 3.06. The van der Waals surface area contributed by atoms with E-state index in [0.29, 0.717) is 10.7 Å². The van der Waals surface area contributed by atoms with Gasteiger partial charge in [-0.3, -0.25) is 14.5 Å². The molecule has 0 aliphatic carbocycles. The Hall–Kier alpha value is -2.74. The summed E-state index contributed by atoms with van der Waals surface area (Å²) >= 11 is 1.26. The number of benzene rings is 1. The molecule has 2 heterocycles. The molecule has 1 aromatic heterocycles. The predicted molar refractivity (Wildman–Crippen MR) is 89.5 cm³/mol. The molecule has 0 saturated carbocycles. The first-order chi connectivity index (χ1) is 11.4. The number of imide groups is 1. The van der Waals surface area contributed by atoms with E-state index in [-0.39, 0.29) is 6.54 Å². The number of amides is 4. The SMILES string of the molecule is Cc1ccc(C2(C)NC(=O)N(CC(=O)Nc3nccs3)C2=O)cc1. The van der Waals surface area contributed by atoms with Crippen LogP contribution in [0.25, 0.3) is 0 Å². The molecule has 124 valence electrons. The zero-order valence-corrected chi connectivity index (χ0v) is 14.0. The largest absolute Gasteiger partial charge is 0.325 e. The number of aryl methyl sites for hydroxylation is 1. The molecular formula is C16H16N4O3S. The summed E-state index contributed by atoms with van der Waals surface area (Å²) in [5.41, 5.74) is 0.555. The van der Waals surface area contributed by atoms with Crippen LogP contribution in [0.4, 0.5) is 9.93 Å². The van der Waals surface area contributed by atoms with E-state index in [0.717, 1.165) is 10.5 Å². The Balaban J connectivity index is 1.76. The first-order valence-electron chi connectivity index (χ1n) is 7.31. The van der Waals surface area contributed by atoms with Gasteiger partial charge in [-0.25, -0.2) is 9.78 Å². The maximum atomic E-state index is 12.7. The van der Waals surface area contributed by atoms with Crippen molar-refractivity contribution < 1.29 is 14.4 Å². The Morgan fingerprint density at radius 3 is 2.67 bits per heavy atom. The summed E-state index contributed by atoms with van der Waals surface area (Å²) in [5.74, 6) is -0.924. The second-order valence-electron chi connectivity index (χ2n) is 5.70. The number of nitrogens with zero attached hydrogens (tertiary/aromatic N) is 2. The Labute approximate surface area is 142 Å². The second kappa shape index (κ2) is 6.04. The lowest BCUT2D eigenvalue weighted by Crippen LogP contribution is -2.42. The van der Waals surface area contributed by atoms with Crippen molar-refractivity contribution in [3.8, 4) is 0 Å². The smallest absolute Gasteiger partial charge is 0.319 e. The number of thiazole rings is 1. The van der Waals surface area contributed by atoms with Crippen molar-refractivity contribution >= 4 is 34.3 Å².